The quantitative estimate of drug-likeness (QED) is 0.882. The Kier molecular flexibility index (Phi) is 4.89. The second-order valence-electron chi connectivity index (χ2n) is 5.20. The number of para-hydroxylation sites is 1. The number of nitrogens with zero attached hydrogens (tertiary/aromatic N) is 2. The molecule has 2 aromatic rings. The van der Waals surface area contributed by atoms with E-state index < -0.39 is 0 Å². The Labute approximate surface area is 134 Å². The van der Waals surface area contributed by atoms with E-state index in [1.807, 2.05) is 37.3 Å². The first-order valence-electron chi connectivity index (χ1n) is 7.64. The van der Waals surface area contributed by atoms with Crippen molar-refractivity contribution in [3.8, 4) is 5.69 Å². The van der Waals surface area contributed by atoms with E-state index >= 15 is 0 Å². The molecule has 0 spiro atoms. The lowest BCUT2D eigenvalue weighted by molar-refractivity contribution is 0.0428. The Balaban J connectivity index is 1.64. The number of ether oxygens (including phenoxy) is 2. The lowest BCUT2D eigenvalue weighted by Crippen LogP contribution is -2.45. The summed E-state index contributed by atoms with van der Waals surface area (Å²) in [5.41, 5.74) is 0.879. The van der Waals surface area contributed by atoms with Gasteiger partial charge in [-0.05, 0) is 19.1 Å². The van der Waals surface area contributed by atoms with Gasteiger partial charge in [-0.3, -0.25) is 5.32 Å². The first kappa shape index (κ1) is 15.5. The molecule has 2 heterocycles. The van der Waals surface area contributed by atoms with E-state index in [0.717, 1.165) is 5.69 Å². The number of rotatable bonds is 5. The highest BCUT2D eigenvalue weighted by Gasteiger charge is 2.30. The van der Waals surface area contributed by atoms with Crippen LogP contribution in [0.1, 0.15) is 6.92 Å². The standard InChI is InChI=1S/C16H20N4O3/c1-2-23-14-11-22-10-13(14)18-16(21)19-15-8-9-17-20(15)12-6-4-3-5-7-12/h3-9,13-14H,2,10-11H2,1H3,(H2,18,19,21). The molecule has 23 heavy (non-hydrogen) atoms. The molecule has 7 heteroatoms. The van der Waals surface area contributed by atoms with Gasteiger partial charge in [-0.15, -0.1) is 0 Å². The first-order valence-corrected chi connectivity index (χ1v) is 7.64. The number of benzene rings is 1. The molecular formula is C16H20N4O3. The summed E-state index contributed by atoms with van der Waals surface area (Å²) >= 11 is 0. The fourth-order valence-electron chi connectivity index (χ4n) is 2.54. The summed E-state index contributed by atoms with van der Waals surface area (Å²) in [6.45, 7) is 3.47. The summed E-state index contributed by atoms with van der Waals surface area (Å²) in [5.74, 6) is 0.598. The number of nitrogens with one attached hydrogen (secondary N) is 2. The fraction of sp³-hybridized carbons (Fsp3) is 0.375. The molecule has 2 unspecified atom stereocenters. The number of aromatic nitrogens is 2. The van der Waals surface area contributed by atoms with Gasteiger partial charge in [-0.1, -0.05) is 18.2 Å². The fourth-order valence-corrected chi connectivity index (χ4v) is 2.54. The lowest BCUT2D eigenvalue weighted by Gasteiger charge is -2.19. The average molecular weight is 316 g/mol. The maximum absolute atomic E-state index is 12.2. The summed E-state index contributed by atoms with van der Waals surface area (Å²) < 4.78 is 12.6. The van der Waals surface area contributed by atoms with Crippen molar-refractivity contribution in [1.29, 1.82) is 0 Å². The Hall–Kier alpha value is -2.38. The van der Waals surface area contributed by atoms with Crippen LogP contribution < -0.4 is 10.6 Å². The second kappa shape index (κ2) is 7.26. The summed E-state index contributed by atoms with van der Waals surface area (Å²) in [7, 11) is 0. The molecule has 0 radical (unpaired) electrons. The normalized spacial score (nSPS) is 20.4. The zero-order valence-electron chi connectivity index (χ0n) is 12.9. The molecule has 122 valence electrons. The predicted octanol–water partition coefficient (Wildman–Crippen LogP) is 1.80. The van der Waals surface area contributed by atoms with Crippen LogP contribution in [0.15, 0.2) is 42.6 Å². The number of hydrogen-bond acceptors (Lipinski definition) is 4. The van der Waals surface area contributed by atoms with E-state index in [0.29, 0.717) is 25.6 Å². The molecule has 1 aliphatic rings. The molecule has 0 bridgehead atoms. The first-order chi connectivity index (χ1) is 11.3. The molecule has 2 amide bonds. The minimum Gasteiger partial charge on any atom is -0.376 e. The van der Waals surface area contributed by atoms with Crippen LogP contribution in [-0.2, 0) is 9.47 Å². The van der Waals surface area contributed by atoms with E-state index in [2.05, 4.69) is 15.7 Å². The molecular weight excluding hydrogens is 296 g/mol. The summed E-state index contributed by atoms with van der Waals surface area (Å²) in [6, 6.07) is 10.9. The van der Waals surface area contributed by atoms with E-state index in [-0.39, 0.29) is 18.2 Å². The Bertz CT molecular complexity index is 644. The van der Waals surface area contributed by atoms with Crippen LogP contribution in [-0.4, -0.2) is 47.8 Å². The van der Waals surface area contributed by atoms with Gasteiger partial charge in [-0.25, -0.2) is 9.48 Å². The summed E-state index contributed by atoms with van der Waals surface area (Å²) in [6.07, 6.45) is 1.54. The summed E-state index contributed by atoms with van der Waals surface area (Å²) in [4.78, 5) is 12.2. The highest BCUT2D eigenvalue weighted by Crippen LogP contribution is 2.15. The summed E-state index contributed by atoms with van der Waals surface area (Å²) in [5, 5.41) is 9.95. The Morgan fingerprint density at radius 1 is 1.35 bits per heavy atom. The van der Waals surface area contributed by atoms with Crippen molar-refractivity contribution in [2.75, 3.05) is 25.1 Å². The SMILES string of the molecule is CCOC1COCC1NC(=O)Nc1ccnn1-c1ccccc1. The van der Waals surface area contributed by atoms with Crippen molar-refractivity contribution in [2.45, 2.75) is 19.1 Å². The van der Waals surface area contributed by atoms with Gasteiger partial charge in [0, 0.05) is 12.7 Å². The van der Waals surface area contributed by atoms with Crippen LogP contribution in [0.25, 0.3) is 5.69 Å². The van der Waals surface area contributed by atoms with Gasteiger partial charge < -0.3 is 14.8 Å². The minimum atomic E-state index is -0.303. The number of urea groups is 1. The zero-order chi connectivity index (χ0) is 16.1. The van der Waals surface area contributed by atoms with Crippen molar-refractivity contribution in [1.82, 2.24) is 15.1 Å². The van der Waals surface area contributed by atoms with Gasteiger partial charge in [0.25, 0.3) is 0 Å². The maximum Gasteiger partial charge on any atom is 0.320 e. The topological polar surface area (TPSA) is 77.4 Å². The van der Waals surface area contributed by atoms with E-state index in [1.54, 1.807) is 16.9 Å². The molecule has 3 rings (SSSR count). The number of amides is 2. The Morgan fingerprint density at radius 2 is 2.17 bits per heavy atom. The lowest BCUT2D eigenvalue weighted by atomic mass is 10.2. The van der Waals surface area contributed by atoms with Gasteiger partial charge in [0.05, 0.1) is 31.1 Å². The average Bonchev–Trinajstić information content (AvgIpc) is 3.18. The van der Waals surface area contributed by atoms with Crippen LogP contribution >= 0.6 is 0 Å². The third-order valence-electron chi connectivity index (χ3n) is 3.61. The zero-order valence-corrected chi connectivity index (χ0v) is 12.9. The van der Waals surface area contributed by atoms with Gasteiger partial charge >= 0.3 is 6.03 Å². The van der Waals surface area contributed by atoms with Crippen LogP contribution in [0.2, 0.25) is 0 Å². The molecule has 7 nitrogen and oxygen atoms in total. The van der Waals surface area contributed by atoms with Crippen molar-refractivity contribution >= 4 is 11.8 Å². The van der Waals surface area contributed by atoms with Gasteiger partial charge in [0.15, 0.2) is 0 Å². The molecule has 0 aliphatic carbocycles. The van der Waals surface area contributed by atoms with Gasteiger partial charge in [0.2, 0.25) is 0 Å². The van der Waals surface area contributed by atoms with Crippen LogP contribution in [0, 0.1) is 0 Å². The molecule has 2 atom stereocenters. The van der Waals surface area contributed by atoms with E-state index in [4.69, 9.17) is 9.47 Å². The highest BCUT2D eigenvalue weighted by atomic mass is 16.5. The molecule has 1 saturated heterocycles. The number of anilines is 1. The predicted molar refractivity (Wildman–Crippen MR) is 85.7 cm³/mol. The van der Waals surface area contributed by atoms with Gasteiger partial charge in [0.1, 0.15) is 11.9 Å². The molecule has 1 aromatic carbocycles. The molecule has 0 saturated carbocycles. The van der Waals surface area contributed by atoms with Crippen LogP contribution in [0.5, 0.6) is 0 Å². The third kappa shape index (κ3) is 3.69. The minimum absolute atomic E-state index is 0.107. The van der Waals surface area contributed by atoms with E-state index in [9.17, 15) is 4.79 Å². The number of hydrogen-bond donors (Lipinski definition) is 2. The smallest absolute Gasteiger partial charge is 0.320 e. The second-order valence-corrected chi connectivity index (χ2v) is 5.20. The monoisotopic (exact) mass is 316 g/mol. The maximum atomic E-state index is 12.2. The van der Waals surface area contributed by atoms with Crippen molar-refractivity contribution in [2.24, 2.45) is 0 Å². The molecule has 1 aliphatic heterocycles. The van der Waals surface area contributed by atoms with Crippen molar-refractivity contribution in [3.63, 3.8) is 0 Å². The van der Waals surface area contributed by atoms with Crippen molar-refractivity contribution in [3.05, 3.63) is 42.6 Å². The highest BCUT2D eigenvalue weighted by molar-refractivity contribution is 5.88. The number of carbonyl (C=O) groups is 1. The Morgan fingerprint density at radius 3 is 2.96 bits per heavy atom. The van der Waals surface area contributed by atoms with Gasteiger partial charge in [-0.2, -0.15) is 5.10 Å². The largest absolute Gasteiger partial charge is 0.376 e. The van der Waals surface area contributed by atoms with Crippen LogP contribution in [0.4, 0.5) is 10.6 Å². The van der Waals surface area contributed by atoms with Crippen molar-refractivity contribution < 1.29 is 14.3 Å². The number of carbonyl (C=O) groups excluding carboxylic acids is 1. The third-order valence-corrected chi connectivity index (χ3v) is 3.61. The molecule has 2 N–H and O–H groups in total. The molecule has 1 aromatic heterocycles. The molecule has 1 fully saturated rings. The van der Waals surface area contributed by atoms with Crippen LogP contribution in [0.3, 0.4) is 0 Å². The van der Waals surface area contributed by atoms with E-state index in [1.165, 1.54) is 0 Å².